The molecular formula is C20H14BrFN2O5S. The van der Waals surface area contributed by atoms with Crippen molar-refractivity contribution < 1.29 is 28.2 Å². The average molecular weight is 493 g/mol. The van der Waals surface area contributed by atoms with E-state index in [0.717, 1.165) is 16.7 Å². The van der Waals surface area contributed by atoms with Gasteiger partial charge in [0, 0.05) is 11.8 Å². The van der Waals surface area contributed by atoms with Gasteiger partial charge < -0.3 is 14.8 Å². The minimum absolute atomic E-state index is 0.158. The summed E-state index contributed by atoms with van der Waals surface area (Å²) in [4.78, 5) is 38.2. The van der Waals surface area contributed by atoms with E-state index in [0.29, 0.717) is 36.0 Å². The maximum Gasteiger partial charge on any atom is 0.294 e. The van der Waals surface area contributed by atoms with Gasteiger partial charge in [0.15, 0.2) is 11.5 Å². The second-order valence-electron chi connectivity index (χ2n) is 6.35. The Morgan fingerprint density at radius 1 is 1.17 bits per heavy atom. The van der Waals surface area contributed by atoms with E-state index < -0.39 is 29.4 Å². The van der Waals surface area contributed by atoms with E-state index in [9.17, 15) is 18.8 Å². The summed E-state index contributed by atoms with van der Waals surface area (Å²) in [5.74, 6) is -0.444. The number of ether oxygens (including phenoxy) is 2. The predicted molar refractivity (Wildman–Crippen MR) is 113 cm³/mol. The molecule has 0 saturated carbocycles. The average Bonchev–Trinajstić information content (AvgIpc) is 2.98. The second kappa shape index (κ2) is 8.49. The monoisotopic (exact) mass is 492 g/mol. The van der Waals surface area contributed by atoms with Crippen molar-refractivity contribution in [2.45, 2.75) is 0 Å². The van der Waals surface area contributed by atoms with Gasteiger partial charge in [0.25, 0.3) is 11.1 Å². The molecule has 7 nitrogen and oxygen atoms in total. The Kier molecular flexibility index (Phi) is 5.78. The fourth-order valence-electron chi connectivity index (χ4n) is 2.86. The molecule has 1 saturated heterocycles. The van der Waals surface area contributed by atoms with Crippen molar-refractivity contribution in [1.29, 1.82) is 0 Å². The van der Waals surface area contributed by atoms with Crippen molar-refractivity contribution in [2.75, 3.05) is 25.1 Å². The van der Waals surface area contributed by atoms with Crippen LogP contribution in [-0.4, -0.2) is 41.7 Å². The first-order valence-corrected chi connectivity index (χ1v) is 10.4. The summed E-state index contributed by atoms with van der Waals surface area (Å²) in [6, 6.07) is 9.17. The highest BCUT2D eigenvalue weighted by Gasteiger charge is 2.36. The van der Waals surface area contributed by atoms with Crippen molar-refractivity contribution in [3.05, 3.63) is 57.2 Å². The SMILES string of the molecule is O=C(CN1C(=O)S/C(=C/c2ccc(F)c(Br)c2)C1=O)Nc1ccc2c(c1)OCCO2. The number of nitrogens with one attached hydrogen (secondary N) is 1. The number of hydrogen-bond donors (Lipinski definition) is 1. The molecule has 2 heterocycles. The molecule has 0 spiro atoms. The number of benzene rings is 2. The van der Waals surface area contributed by atoms with Crippen LogP contribution in [0, 0.1) is 5.82 Å². The normalized spacial score (nSPS) is 16.9. The number of halogens is 2. The van der Waals surface area contributed by atoms with Crippen LogP contribution < -0.4 is 14.8 Å². The Hall–Kier alpha value is -2.85. The number of nitrogens with zero attached hydrogens (tertiary/aromatic N) is 1. The zero-order valence-corrected chi connectivity index (χ0v) is 17.7. The zero-order valence-electron chi connectivity index (χ0n) is 15.3. The summed E-state index contributed by atoms with van der Waals surface area (Å²) in [6.45, 7) is 0.446. The molecule has 154 valence electrons. The minimum Gasteiger partial charge on any atom is -0.486 e. The third-order valence-corrected chi connectivity index (χ3v) is 5.76. The number of amides is 3. The Labute approximate surface area is 183 Å². The van der Waals surface area contributed by atoms with Crippen LogP contribution in [-0.2, 0) is 9.59 Å². The number of fused-ring (bicyclic) bond motifs is 1. The van der Waals surface area contributed by atoms with Crippen LogP contribution in [0.25, 0.3) is 6.08 Å². The molecule has 0 aliphatic carbocycles. The summed E-state index contributed by atoms with van der Waals surface area (Å²) in [7, 11) is 0. The van der Waals surface area contributed by atoms with Gasteiger partial charge >= 0.3 is 0 Å². The van der Waals surface area contributed by atoms with Gasteiger partial charge in [0.1, 0.15) is 25.6 Å². The highest BCUT2D eigenvalue weighted by atomic mass is 79.9. The topological polar surface area (TPSA) is 84.9 Å². The number of anilines is 1. The number of imide groups is 1. The number of thioether (sulfide) groups is 1. The van der Waals surface area contributed by atoms with Crippen LogP contribution in [0.3, 0.4) is 0 Å². The van der Waals surface area contributed by atoms with Crippen LogP contribution in [0.2, 0.25) is 0 Å². The van der Waals surface area contributed by atoms with Gasteiger partial charge in [0.2, 0.25) is 5.91 Å². The largest absolute Gasteiger partial charge is 0.486 e. The van der Waals surface area contributed by atoms with Gasteiger partial charge in [-0.3, -0.25) is 19.3 Å². The molecule has 0 atom stereocenters. The number of carbonyl (C=O) groups is 3. The molecule has 2 aromatic carbocycles. The van der Waals surface area contributed by atoms with Crippen molar-refractivity contribution in [3.63, 3.8) is 0 Å². The molecule has 2 aromatic rings. The lowest BCUT2D eigenvalue weighted by atomic mass is 10.2. The summed E-state index contributed by atoms with van der Waals surface area (Å²) >= 11 is 3.80. The molecule has 2 aliphatic heterocycles. The lowest BCUT2D eigenvalue weighted by molar-refractivity contribution is -0.127. The van der Waals surface area contributed by atoms with E-state index >= 15 is 0 Å². The van der Waals surface area contributed by atoms with Gasteiger partial charge in [-0.15, -0.1) is 0 Å². The summed E-state index contributed by atoms with van der Waals surface area (Å²) in [5.41, 5.74) is 1.01. The highest BCUT2D eigenvalue weighted by molar-refractivity contribution is 9.10. The van der Waals surface area contributed by atoms with Crippen LogP contribution >= 0.6 is 27.7 Å². The van der Waals surface area contributed by atoms with Gasteiger partial charge in [-0.05, 0) is 63.6 Å². The Bertz CT molecular complexity index is 1090. The van der Waals surface area contributed by atoms with E-state index in [2.05, 4.69) is 21.2 Å². The summed E-state index contributed by atoms with van der Waals surface area (Å²) < 4.78 is 24.5. The maximum atomic E-state index is 13.4. The highest BCUT2D eigenvalue weighted by Crippen LogP contribution is 2.34. The van der Waals surface area contributed by atoms with Gasteiger partial charge in [-0.2, -0.15) is 0 Å². The first-order valence-electron chi connectivity index (χ1n) is 8.80. The van der Waals surface area contributed by atoms with Crippen molar-refractivity contribution in [3.8, 4) is 11.5 Å². The predicted octanol–water partition coefficient (Wildman–Crippen LogP) is 4.03. The summed E-state index contributed by atoms with van der Waals surface area (Å²) in [6.07, 6.45) is 1.48. The number of carbonyl (C=O) groups excluding carboxylic acids is 3. The molecule has 0 bridgehead atoms. The lowest BCUT2D eigenvalue weighted by Gasteiger charge is -2.19. The number of rotatable bonds is 4. The molecule has 30 heavy (non-hydrogen) atoms. The minimum atomic E-state index is -0.581. The molecule has 4 rings (SSSR count). The van der Waals surface area contributed by atoms with Gasteiger partial charge in [0.05, 0.1) is 9.38 Å². The van der Waals surface area contributed by atoms with Crippen molar-refractivity contribution in [1.82, 2.24) is 4.90 Å². The molecule has 0 radical (unpaired) electrons. The Morgan fingerprint density at radius 3 is 2.70 bits per heavy atom. The Morgan fingerprint density at radius 2 is 1.93 bits per heavy atom. The molecule has 3 amide bonds. The molecule has 0 unspecified atom stereocenters. The first-order chi connectivity index (χ1) is 14.4. The zero-order chi connectivity index (χ0) is 21.3. The molecule has 10 heteroatoms. The lowest BCUT2D eigenvalue weighted by Crippen LogP contribution is -2.36. The third-order valence-electron chi connectivity index (χ3n) is 4.24. The Balaban J connectivity index is 1.43. The van der Waals surface area contributed by atoms with E-state index in [-0.39, 0.29) is 9.38 Å². The molecular weight excluding hydrogens is 479 g/mol. The molecule has 0 aromatic heterocycles. The number of hydrogen-bond acceptors (Lipinski definition) is 6. The van der Waals surface area contributed by atoms with Crippen molar-refractivity contribution in [2.24, 2.45) is 0 Å². The third kappa shape index (κ3) is 4.34. The van der Waals surface area contributed by atoms with E-state index in [4.69, 9.17) is 9.47 Å². The van der Waals surface area contributed by atoms with E-state index in [1.54, 1.807) is 18.2 Å². The van der Waals surface area contributed by atoms with E-state index in [1.165, 1.54) is 24.3 Å². The smallest absolute Gasteiger partial charge is 0.294 e. The summed E-state index contributed by atoms with van der Waals surface area (Å²) in [5, 5.41) is 2.09. The first kappa shape index (κ1) is 20.4. The van der Waals surface area contributed by atoms with Gasteiger partial charge in [-0.1, -0.05) is 6.07 Å². The second-order valence-corrected chi connectivity index (χ2v) is 8.20. The standard InChI is InChI=1S/C20H14BrFN2O5S/c21-13-7-11(1-3-14(13)22)8-17-19(26)24(20(27)30-17)10-18(25)23-12-2-4-15-16(9-12)29-6-5-28-15/h1-4,7-9H,5-6,10H2,(H,23,25)/b17-8+. The van der Waals surface area contributed by atoms with E-state index in [1.807, 2.05) is 0 Å². The molecule has 1 fully saturated rings. The van der Waals surface area contributed by atoms with Crippen LogP contribution in [0.5, 0.6) is 11.5 Å². The van der Waals surface area contributed by atoms with Crippen LogP contribution in [0.4, 0.5) is 14.9 Å². The quantitative estimate of drug-likeness (QED) is 0.648. The van der Waals surface area contributed by atoms with Gasteiger partial charge in [-0.25, -0.2) is 4.39 Å². The molecule has 1 N–H and O–H groups in total. The fourth-order valence-corrected chi connectivity index (χ4v) is 4.09. The van der Waals surface area contributed by atoms with Crippen molar-refractivity contribution >= 4 is 56.5 Å². The van der Waals surface area contributed by atoms with Crippen LogP contribution in [0.1, 0.15) is 5.56 Å². The molecule has 2 aliphatic rings. The van der Waals surface area contributed by atoms with Crippen LogP contribution in [0.15, 0.2) is 45.8 Å². The maximum absolute atomic E-state index is 13.4. The fraction of sp³-hybridized carbons (Fsp3) is 0.150.